The molecule has 0 N–H and O–H groups in total. The van der Waals surface area contributed by atoms with Crippen LogP contribution in [0, 0.1) is 0 Å². The number of carbonyl (C=O) groups is 1. The molecule has 2 aliphatic rings. The topological polar surface area (TPSA) is 39.4 Å². The third-order valence-electron chi connectivity index (χ3n) is 2.49. The van der Waals surface area contributed by atoms with Crippen LogP contribution in [-0.2, 0) is 4.74 Å². The molecule has 3 heteroatoms. The van der Waals surface area contributed by atoms with Gasteiger partial charge < -0.3 is 9.15 Å². The van der Waals surface area contributed by atoms with Gasteiger partial charge in [-0.1, -0.05) is 24.8 Å². The Kier molecular flexibility index (Phi) is 3.10. The summed E-state index contributed by atoms with van der Waals surface area (Å²) in [5.74, 6) is -0.211. The lowest BCUT2D eigenvalue weighted by molar-refractivity contribution is 0.0565. The Bertz CT molecular complexity index is 539. The highest BCUT2D eigenvalue weighted by atomic mass is 16.5. The number of ether oxygens (including phenoxy) is 1. The van der Waals surface area contributed by atoms with Crippen LogP contribution in [0.5, 0.6) is 0 Å². The Balaban J connectivity index is 0.000000127. The van der Waals surface area contributed by atoms with Gasteiger partial charge in [0.1, 0.15) is 0 Å². The van der Waals surface area contributed by atoms with Crippen LogP contribution in [0.4, 0.5) is 0 Å². The highest BCUT2D eigenvalue weighted by Crippen LogP contribution is 2.36. The molecule has 1 heterocycles. The largest absolute Gasteiger partial charge is 0.463 e. The van der Waals surface area contributed by atoms with Crippen molar-refractivity contribution in [3.8, 4) is 11.1 Å². The van der Waals surface area contributed by atoms with Gasteiger partial charge in [-0.2, -0.15) is 0 Å². The Hall–Kier alpha value is -2.29. The molecule has 0 unspecified atom stereocenters. The average Bonchev–Trinajstić information content (AvgIpc) is 2.86. The molecular weight excluding hydrogens is 216 g/mol. The molecule has 86 valence electrons. The van der Waals surface area contributed by atoms with Crippen LogP contribution in [0.25, 0.3) is 17.2 Å². The number of fused-ring (bicyclic) bond motifs is 1. The number of methoxy groups -OCH3 is 1. The van der Waals surface area contributed by atoms with E-state index in [4.69, 9.17) is 4.42 Å². The molecular formula is C14H12O3. The van der Waals surface area contributed by atoms with Crippen molar-refractivity contribution < 1.29 is 13.9 Å². The number of carbonyl (C=O) groups excluding carboxylic acids is 1. The molecule has 0 atom stereocenters. The Morgan fingerprint density at radius 2 is 2.24 bits per heavy atom. The fourth-order valence-corrected chi connectivity index (χ4v) is 1.48. The fourth-order valence-electron chi connectivity index (χ4n) is 1.48. The van der Waals surface area contributed by atoms with Gasteiger partial charge in [0.2, 0.25) is 5.76 Å². The molecule has 0 aliphatic heterocycles. The monoisotopic (exact) mass is 228 g/mol. The molecule has 3 rings (SSSR count). The van der Waals surface area contributed by atoms with Gasteiger partial charge in [-0.15, -0.1) is 0 Å². The molecule has 0 saturated heterocycles. The van der Waals surface area contributed by atoms with E-state index in [1.165, 1.54) is 30.1 Å². The number of hydrogen-bond donors (Lipinski definition) is 0. The first kappa shape index (κ1) is 11.2. The van der Waals surface area contributed by atoms with E-state index in [0.717, 1.165) is 0 Å². The number of hydrogen-bond acceptors (Lipinski definition) is 3. The molecule has 0 radical (unpaired) electrons. The van der Waals surface area contributed by atoms with E-state index in [2.05, 4.69) is 29.5 Å². The van der Waals surface area contributed by atoms with Crippen LogP contribution < -0.4 is 0 Å². The van der Waals surface area contributed by atoms with Gasteiger partial charge >= 0.3 is 5.97 Å². The summed E-state index contributed by atoms with van der Waals surface area (Å²) in [5.41, 5.74) is 4.07. The second-order valence-corrected chi connectivity index (χ2v) is 3.48. The van der Waals surface area contributed by atoms with Crippen LogP contribution >= 0.6 is 0 Å². The van der Waals surface area contributed by atoms with Gasteiger partial charge in [-0.05, 0) is 34.9 Å². The smallest absolute Gasteiger partial charge is 0.373 e. The van der Waals surface area contributed by atoms with E-state index in [0.29, 0.717) is 0 Å². The second-order valence-electron chi connectivity index (χ2n) is 3.48. The predicted octanol–water partition coefficient (Wildman–Crippen LogP) is 3.38. The zero-order chi connectivity index (χ0) is 12.3. The maximum Gasteiger partial charge on any atom is 0.373 e. The third kappa shape index (κ3) is 2.13. The second kappa shape index (κ2) is 4.70. The maximum absolute atomic E-state index is 10.6. The molecule has 17 heavy (non-hydrogen) atoms. The normalized spacial score (nSPS) is 9.94. The highest BCUT2D eigenvalue weighted by Gasteiger charge is 2.12. The third-order valence-corrected chi connectivity index (χ3v) is 2.49. The van der Waals surface area contributed by atoms with Crippen LogP contribution in [0.1, 0.15) is 16.1 Å². The summed E-state index contributed by atoms with van der Waals surface area (Å²) in [6.07, 6.45) is 3.31. The molecule has 1 aromatic rings. The zero-order valence-electron chi connectivity index (χ0n) is 9.47. The van der Waals surface area contributed by atoms with Crippen LogP contribution in [0.15, 0.2) is 47.6 Å². The summed E-state index contributed by atoms with van der Waals surface area (Å²) < 4.78 is 9.07. The first-order chi connectivity index (χ1) is 8.26. The first-order valence-electron chi connectivity index (χ1n) is 5.15. The summed E-state index contributed by atoms with van der Waals surface area (Å²) in [7, 11) is 1.31. The first-order valence-corrected chi connectivity index (χ1v) is 5.15. The van der Waals surface area contributed by atoms with Crippen LogP contribution in [0.3, 0.4) is 0 Å². The van der Waals surface area contributed by atoms with E-state index < -0.39 is 5.97 Å². The Labute approximate surface area is 99.3 Å². The van der Waals surface area contributed by atoms with Crippen molar-refractivity contribution >= 4 is 12.0 Å². The van der Waals surface area contributed by atoms with Gasteiger partial charge in [0.05, 0.1) is 13.4 Å². The van der Waals surface area contributed by atoms with Crippen molar-refractivity contribution in [2.45, 2.75) is 0 Å². The lowest BCUT2D eigenvalue weighted by Gasteiger charge is -2.17. The quantitative estimate of drug-likeness (QED) is 0.631. The average molecular weight is 228 g/mol. The number of furan rings is 1. The van der Waals surface area contributed by atoms with Gasteiger partial charge in [-0.25, -0.2) is 4.79 Å². The maximum atomic E-state index is 10.6. The van der Waals surface area contributed by atoms with Crippen molar-refractivity contribution in [2.24, 2.45) is 0 Å². The number of rotatable bonds is 2. The zero-order valence-corrected chi connectivity index (χ0v) is 9.47. The van der Waals surface area contributed by atoms with Crippen molar-refractivity contribution in [1.29, 1.82) is 0 Å². The molecule has 0 aromatic carbocycles. The molecule has 0 saturated carbocycles. The summed E-state index contributed by atoms with van der Waals surface area (Å²) in [6, 6.07) is 9.55. The molecule has 2 aliphatic carbocycles. The fraction of sp³-hybridized carbons (Fsp3) is 0.0714. The molecule has 3 nitrogen and oxygen atoms in total. The molecule has 0 fully saturated rings. The van der Waals surface area contributed by atoms with E-state index >= 15 is 0 Å². The standard InChI is InChI=1S/C8H6.C6H6O3/c1-2-6-5-7-3-4-8(6)7;1-8-6(7)5-3-2-4-9-5/h2-5H,1H2;2-4H,1H3. The van der Waals surface area contributed by atoms with Crippen LogP contribution in [-0.4, -0.2) is 13.1 Å². The van der Waals surface area contributed by atoms with E-state index in [1.807, 2.05) is 6.08 Å². The molecule has 1 aromatic heterocycles. The molecule has 0 spiro atoms. The molecule has 0 amide bonds. The summed E-state index contributed by atoms with van der Waals surface area (Å²) in [6.45, 7) is 3.67. The van der Waals surface area contributed by atoms with Crippen molar-refractivity contribution in [1.82, 2.24) is 0 Å². The van der Waals surface area contributed by atoms with Crippen molar-refractivity contribution in [3.05, 3.63) is 54.5 Å². The summed E-state index contributed by atoms with van der Waals surface area (Å²) in [5, 5.41) is 0. The van der Waals surface area contributed by atoms with E-state index in [9.17, 15) is 4.79 Å². The Morgan fingerprint density at radius 1 is 1.41 bits per heavy atom. The summed E-state index contributed by atoms with van der Waals surface area (Å²) in [4.78, 5) is 10.6. The lowest BCUT2D eigenvalue weighted by Crippen LogP contribution is -1.97. The predicted molar refractivity (Wildman–Crippen MR) is 65.6 cm³/mol. The highest BCUT2D eigenvalue weighted by molar-refractivity contribution is 5.87. The minimum atomic E-state index is -0.444. The van der Waals surface area contributed by atoms with Gasteiger partial charge in [0, 0.05) is 0 Å². The van der Waals surface area contributed by atoms with E-state index in [1.54, 1.807) is 12.1 Å². The van der Waals surface area contributed by atoms with Crippen LogP contribution in [0.2, 0.25) is 0 Å². The van der Waals surface area contributed by atoms with E-state index in [-0.39, 0.29) is 5.76 Å². The Morgan fingerprint density at radius 3 is 2.53 bits per heavy atom. The van der Waals surface area contributed by atoms with Crippen molar-refractivity contribution in [2.75, 3.05) is 7.11 Å². The lowest BCUT2D eigenvalue weighted by atomic mass is 9.87. The number of benzene rings is 1. The van der Waals surface area contributed by atoms with Gasteiger partial charge in [0.15, 0.2) is 0 Å². The van der Waals surface area contributed by atoms with Gasteiger partial charge in [-0.3, -0.25) is 0 Å². The SMILES string of the molecule is C=Cc1cc2ccc1-2.COC(=O)c1ccco1. The minimum Gasteiger partial charge on any atom is -0.463 e. The molecule has 0 bridgehead atoms. The van der Waals surface area contributed by atoms with Gasteiger partial charge in [0.25, 0.3) is 0 Å². The number of esters is 1. The summed E-state index contributed by atoms with van der Waals surface area (Å²) >= 11 is 0. The van der Waals surface area contributed by atoms with Crippen molar-refractivity contribution in [3.63, 3.8) is 0 Å². The minimum absolute atomic E-state index is 0.234.